The Morgan fingerprint density at radius 2 is 1.64 bits per heavy atom. The second kappa shape index (κ2) is 11.2. The molecule has 0 aliphatic rings. The first kappa shape index (κ1) is 23.9. The highest BCUT2D eigenvalue weighted by molar-refractivity contribution is 5.83. The number of rotatable bonds is 9. The highest BCUT2D eigenvalue weighted by Crippen LogP contribution is 2.31. The topological polar surface area (TPSA) is 69.2 Å². The van der Waals surface area contributed by atoms with Crippen molar-refractivity contribution in [3.05, 3.63) is 89.5 Å². The van der Waals surface area contributed by atoms with Gasteiger partial charge in [-0.25, -0.2) is 5.43 Å². The number of methoxy groups -OCH3 is 1. The van der Waals surface area contributed by atoms with Gasteiger partial charge in [-0.1, -0.05) is 69.3 Å². The smallest absolute Gasteiger partial charge is 0.277 e. The van der Waals surface area contributed by atoms with E-state index in [9.17, 15) is 4.79 Å². The fourth-order valence-electron chi connectivity index (χ4n) is 3.19. The van der Waals surface area contributed by atoms with Crippen LogP contribution in [0.5, 0.6) is 17.2 Å². The van der Waals surface area contributed by atoms with E-state index in [1.807, 2.05) is 66.7 Å². The number of hydrogen-bond donors (Lipinski definition) is 1. The van der Waals surface area contributed by atoms with E-state index in [0.717, 1.165) is 16.7 Å². The average Bonchev–Trinajstić information content (AvgIpc) is 2.82. The van der Waals surface area contributed by atoms with Gasteiger partial charge in [0.2, 0.25) is 0 Å². The molecular formula is C27H30N2O4. The third kappa shape index (κ3) is 7.10. The number of carbonyl (C=O) groups is 1. The minimum atomic E-state index is -0.343. The molecule has 1 N–H and O–H groups in total. The summed E-state index contributed by atoms with van der Waals surface area (Å²) in [6.45, 7) is 6.63. The van der Waals surface area contributed by atoms with Crippen LogP contribution < -0.4 is 19.6 Å². The number of amides is 1. The van der Waals surface area contributed by atoms with Crippen LogP contribution in [-0.2, 0) is 16.8 Å². The Labute approximate surface area is 195 Å². The fraction of sp³-hybridized carbons (Fsp3) is 0.259. The number of hydrogen-bond acceptors (Lipinski definition) is 5. The second-order valence-corrected chi connectivity index (χ2v) is 8.51. The number of para-hydroxylation sites is 1. The first-order valence-corrected chi connectivity index (χ1v) is 10.8. The van der Waals surface area contributed by atoms with Gasteiger partial charge in [-0.05, 0) is 46.4 Å². The van der Waals surface area contributed by atoms with Crippen molar-refractivity contribution in [3.8, 4) is 17.2 Å². The highest BCUT2D eigenvalue weighted by Gasteiger charge is 2.18. The predicted molar refractivity (Wildman–Crippen MR) is 130 cm³/mol. The average molecular weight is 447 g/mol. The van der Waals surface area contributed by atoms with E-state index < -0.39 is 0 Å². The van der Waals surface area contributed by atoms with Gasteiger partial charge in [0.05, 0.1) is 13.3 Å². The Hall–Kier alpha value is -3.80. The maximum Gasteiger partial charge on any atom is 0.277 e. The zero-order chi connectivity index (χ0) is 23.7. The zero-order valence-electron chi connectivity index (χ0n) is 19.5. The van der Waals surface area contributed by atoms with Crippen molar-refractivity contribution < 1.29 is 19.0 Å². The van der Waals surface area contributed by atoms with Gasteiger partial charge in [0.25, 0.3) is 5.91 Å². The summed E-state index contributed by atoms with van der Waals surface area (Å²) >= 11 is 0. The number of nitrogens with one attached hydrogen (secondary N) is 1. The molecule has 1 amide bonds. The largest absolute Gasteiger partial charge is 0.493 e. The van der Waals surface area contributed by atoms with E-state index in [1.165, 1.54) is 0 Å². The molecule has 0 aliphatic carbocycles. The van der Waals surface area contributed by atoms with Gasteiger partial charge in [-0.2, -0.15) is 5.10 Å². The monoisotopic (exact) mass is 446 g/mol. The molecule has 0 radical (unpaired) electrons. The predicted octanol–water partition coefficient (Wildman–Crippen LogP) is 5.10. The van der Waals surface area contributed by atoms with Gasteiger partial charge in [0, 0.05) is 0 Å². The molecule has 0 spiro atoms. The van der Waals surface area contributed by atoms with Gasteiger partial charge in [0.1, 0.15) is 12.4 Å². The first-order chi connectivity index (χ1) is 15.9. The number of benzene rings is 3. The number of carbonyl (C=O) groups excluding carboxylic acids is 1. The summed E-state index contributed by atoms with van der Waals surface area (Å²) in [5.74, 6) is 1.57. The van der Waals surface area contributed by atoms with Crippen molar-refractivity contribution in [2.75, 3.05) is 13.7 Å². The molecule has 3 aromatic rings. The van der Waals surface area contributed by atoms with Gasteiger partial charge >= 0.3 is 0 Å². The lowest BCUT2D eigenvalue weighted by Gasteiger charge is -2.22. The lowest BCUT2D eigenvalue weighted by molar-refractivity contribution is -0.123. The van der Waals surface area contributed by atoms with Gasteiger partial charge in [-0.15, -0.1) is 0 Å². The van der Waals surface area contributed by atoms with Crippen molar-refractivity contribution in [3.63, 3.8) is 0 Å². The first-order valence-electron chi connectivity index (χ1n) is 10.8. The van der Waals surface area contributed by atoms with Crippen molar-refractivity contribution in [1.82, 2.24) is 5.43 Å². The summed E-state index contributed by atoms with van der Waals surface area (Å²) in [6, 6.07) is 23.1. The number of nitrogens with zero attached hydrogens (tertiary/aromatic N) is 1. The van der Waals surface area contributed by atoms with Crippen molar-refractivity contribution in [2.24, 2.45) is 5.10 Å². The molecule has 0 fully saturated rings. The van der Waals surface area contributed by atoms with Crippen LogP contribution in [0, 0.1) is 0 Å². The van der Waals surface area contributed by atoms with Gasteiger partial charge in [-0.3, -0.25) is 4.79 Å². The molecule has 6 heteroatoms. The molecule has 0 atom stereocenters. The Balaban J connectivity index is 1.54. The summed E-state index contributed by atoms with van der Waals surface area (Å²) in [7, 11) is 1.58. The van der Waals surface area contributed by atoms with Crippen LogP contribution in [0.4, 0.5) is 0 Å². The van der Waals surface area contributed by atoms with Crippen LogP contribution in [0.15, 0.2) is 77.9 Å². The zero-order valence-corrected chi connectivity index (χ0v) is 19.5. The summed E-state index contributed by atoms with van der Waals surface area (Å²) in [6.07, 6.45) is 1.55. The van der Waals surface area contributed by atoms with E-state index in [1.54, 1.807) is 19.4 Å². The molecular weight excluding hydrogens is 416 g/mol. The Bertz CT molecular complexity index is 1090. The molecule has 0 heterocycles. The third-order valence-electron chi connectivity index (χ3n) is 4.88. The second-order valence-electron chi connectivity index (χ2n) is 8.51. The SMILES string of the molecule is COc1cc(/C=N/NC(=O)COc2ccccc2C(C)(C)C)ccc1OCc1ccccc1. The Morgan fingerprint density at radius 3 is 2.36 bits per heavy atom. The van der Waals surface area contributed by atoms with Crippen LogP contribution in [0.3, 0.4) is 0 Å². The summed E-state index contributed by atoms with van der Waals surface area (Å²) < 4.78 is 17.0. The molecule has 0 aromatic heterocycles. The third-order valence-corrected chi connectivity index (χ3v) is 4.88. The maximum atomic E-state index is 12.2. The summed E-state index contributed by atoms with van der Waals surface area (Å²) in [4.78, 5) is 12.2. The summed E-state index contributed by atoms with van der Waals surface area (Å²) in [5.41, 5.74) is 5.29. The molecule has 0 bridgehead atoms. The van der Waals surface area contributed by atoms with Crippen LogP contribution >= 0.6 is 0 Å². The number of hydrazone groups is 1. The minimum Gasteiger partial charge on any atom is -0.493 e. The van der Waals surface area contributed by atoms with Crippen LogP contribution in [-0.4, -0.2) is 25.8 Å². The molecule has 0 aliphatic heterocycles. The molecule has 3 aromatic carbocycles. The normalized spacial score (nSPS) is 11.3. The fourth-order valence-corrected chi connectivity index (χ4v) is 3.19. The van der Waals surface area contributed by atoms with Crippen molar-refractivity contribution >= 4 is 12.1 Å². The molecule has 172 valence electrons. The lowest BCUT2D eigenvalue weighted by Crippen LogP contribution is -2.25. The van der Waals surface area contributed by atoms with Crippen LogP contribution in [0.1, 0.15) is 37.5 Å². The standard InChI is InChI=1S/C27H30N2O4/c1-27(2,3)22-12-8-9-13-23(22)33-19-26(30)29-28-17-21-14-15-24(25(16-21)31-4)32-18-20-10-6-5-7-11-20/h5-17H,18-19H2,1-4H3,(H,29,30)/b28-17+. The molecule has 0 unspecified atom stereocenters. The van der Waals surface area contributed by atoms with E-state index in [4.69, 9.17) is 14.2 Å². The highest BCUT2D eigenvalue weighted by atomic mass is 16.5. The van der Waals surface area contributed by atoms with Crippen molar-refractivity contribution in [1.29, 1.82) is 0 Å². The molecule has 3 rings (SSSR count). The quantitative estimate of drug-likeness (QED) is 0.367. The van der Waals surface area contributed by atoms with Gasteiger partial charge < -0.3 is 14.2 Å². The molecule has 0 saturated carbocycles. The maximum absolute atomic E-state index is 12.2. The summed E-state index contributed by atoms with van der Waals surface area (Å²) in [5, 5.41) is 4.02. The number of ether oxygens (including phenoxy) is 3. The van der Waals surface area contributed by atoms with E-state index in [-0.39, 0.29) is 17.9 Å². The Kier molecular flexibility index (Phi) is 8.08. The molecule has 33 heavy (non-hydrogen) atoms. The lowest BCUT2D eigenvalue weighted by atomic mass is 9.86. The molecule has 6 nitrogen and oxygen atoms in total. The van der Waals surface area contributed by atoms with E-state index in [0.29, 0.717) is 23.9 Å². The van der Waals surface area contributed by atoms with Crippen LogP contribution in [0.2, 0.25) is 0 Å². The van der Waals surface area contributed by atoms with E-state index in [2.05, 4.69) is 31.3 Å². The van der Waals surface area contributed by atoms with Gasteiger partial charge in [0.15, 0.2) is 18.1 Å². The Morgan fingerprint density at radius 1 is 0.909 bits per heavy atom. The van der Waals surface area contributed by atoms with Crippen molar-refractivity contribution in [2.45, 2.75) is 32.8 Å². The minimum absolute atomic E-state index is 0.0821. The molecule has 0 saturated heterocycles. The van der Waals surface area contributed by atoms with Crippen LogP contribution in [0.25, 0.3) is 0 Å². The van der Waals surface area contributed by atoms with E-state index >= 15 is 0 Å².